The fraction of sp³-hybridized carbons (Fsp3) is 0.438. The topological polar surface area (TPSA) is 75.3 Å². The molecule has 0 aromatic heterocycles. The van der Waals surface area contributed by atoms with Gasteiger partial charge in [0.05, 0.1) is 10.5 Å². The molecule has 1 aliphatic heterocycles. The van der Waals surface area contributed by atoms with Crippen molar-refractivity contribution in [3.8, 4) is 0 Å². The Morgan fingerprint density at radius 1 is 1.39 bits per heavy atom. The van der Waals surface area contributed by atoms with Crippen LogP contribution < -0.4 is 10.6 Å². The van der Waals surface area contributed by atoms with Gasteiger partial charge in [-0.05, 0) is 59.0 Å². The summed E-state index contributed by atoms with van der Waals surface area (Å²) in [5.74, 6) is -1.63. The van der Waals surface area contributed by atoms with E-state index in [2.05, 4.69) is 26.6 Å². The standard InChI is InChI=1S/C16H18BrFN2O3/c1-8-3-12(17)13(18)7-11(8)9(2)19-14(21)4-10-5-15(22)20-16(23)6-10/h3,7,9-10H,4-6H2,1-2H3,(H,19,21)(H,20,22,23)/t9-/m0/s1. The Morgan fingerprint density at radius 3 is 2.61 bits per heavy atom. The normalized spacial score (nSPS) is 16.9. The molecule has 2 N–H and O–H groups in total. The first-order valence-corrected chi connectivity index (χ1v) is 8.13. The summed E-state index contributed by atoms with van der Waals surface area (Å²) in [5.41, 5.74) is 1.55. The van der Waals surface area contributed by atoms with Gasteiger partial charge in [-0.1, -0.05) is 0 Å². The Hall–Kier alpha value is -1.76. The molecule has 0 bridgehead atoms. The molecule has 1 atom stereocenters. The van der Waals surface area contributed by atoms with Gasteiger partial charge in [0.25, 0.3) is 0 Å². The van der Waals surface area contributed by atoms with E-state index in [1.54, 1.807) is 13.0 Å². The lowest BCUT2D eigenvalue weighted by atomic mass is 9.93. The van der Waals surface area contributed by atoms with Crippen molar-refractivity contribution < 1.29 is 18.8 Å². The highest BCUT2D eigenvalue weighted by Gasteiger charge is 2.27. The van der Waals surface area contributed by atoms with Crippen molar-refractivity contribution in [2.45, 2.75) is 39.2 Å². The minimum absolute atomic E-state index is 0.0988. The Balaban J connectivity index is 1.98. The molecule has 2 rings (SSSR count). The van der Waals surface area contributed by atoms with E-state index in [0.717, 1.165) is 5.56 Å². The Kier molecular flexibility index (Phi) is 5.51. The van der Waals surface area contributed by atoms with Gasteiger partial charge in [-0.3, -0.25) is 19.7 Å². The van der Waals surface area contributed by atoms with Crippen molar-refractivity contribution in [1.29, 1.82) is 0 Å². The summed E-state index contributed by atoms with van der Waals surface area (Å²) in [6, 6.07) is 2.69. The lowest BCUT2D eigenvalue weighted by molar-refractivity contribution is -0.135. The third-order valence-corrected chi connectivity index (χ3v) is 4.46. The van der Waals surface area contributed by atoms with Gasteiger partial charge in [-0.15, -0.1) is 0 Å². The SMILES string of the molecule is Cc1cc(Br)c(F)cc1[C@H](C)NC(=O)CC1CC(=O)NC(=O)C1. The van der Waals surface area contributed by atoms with E-state index in [1.165, 1.54) is 6.07 Å². The van der Waals surface area contributed by atoms with Gasteiger partial charge in [0, 0.05) is 19.3 Å². The molecule has 23 heavy (non-hydrogen) atoms. The monoisotopic (exact) mass is 384 g/mol. The quantitative estimate of drug-likeness (QED) is 0.783. The lowest BCUT2D eigenvalue weighted by Gasteiger charge is -2.22. The van der Waals surface area contributed by atoms with Crippen molar-refractivity contribution in [3.05, 3.63) is 33.5 Å². The molecule has 1 saturated heterocycles. The summed E-state index contributed by atoms with van der Waals surface area (Å²) in [7, 11) is 0. The van der Waals surface area contributed by atoms with Crippen LogP contribution in [0.1, 0.15) is 43.4 Å². The molecule has 3 amide bonds. The van der Waals surface area contributed by atoms with Crippen LogP contribution in [0.4, 0.5) is 4.39 Å². The van der Waals surface area contributed by atoms with Crippen molar-refractivity contribution in [2.75, 3.05) is 0 Å². The number of hydrogen-bond donors (Lipinski definition) is 2. The highest BCUT2D eigenvalue weighted by molar-refractivity contribution is 9.10. The molecule has 1 aromatic rings. The summed E-state index contributed by atoms with van der Waals surface area (Å²) < 4.78 is 14.1. The van der Waals surface area contributed by atoms with Gasteiger partial charge in [-0.2, -0.15) is 0 Å². The zero-order valence-electron chi connectivity index (χ0n) is 12.9. The number of rotatable bonds is 4. The number of aryl methyl sites for hydroxylation is 1. The van der Waals surface area contributed by atoms with Crippen LogP contribution in [0.15, 0.2) is 16.6 Å². The van der Waals surface area contributed by atoms with E-state index < -0.39 is 0 Å². The maximum atomic E-state index is 13.7. The van der Waals surface area contributed by atoms with E-state index >= 15 is 0 Å². The molecule has 124 valence electrons. The van der Waals surface area contributed by atoms with Crippen LogP contribution in [0.5, 0.6) is 0 Å². The number of halogens is 2. The van der Waals surface area contributed by atoms with Gasteiger partial charge >= 0.3 is 0 Å². The third-order valence-electron chi connectivity index (χ3n) is 3.85. The van der Waals surface area contributed by atoms with Crippen molar-refractivity contribution in [3.63, 3.8) is 0 Å². The minimum Gasteiger partial charge on any atom is -0.350 e. The smallest absolute Gasteiger partial charge is 0.226 e. The number of imide groups is 1. The van der Waals surface area contributed by atoms with Crippen LogP contribution in [0, 0.1) is 18.7 Å². The first-order chi connectivity index (χ1) is 10.8. The molecular weight excluding hydrogens is 367 g/mol. The number of hydrogen-bond acceptors (Lipinski definition) is 3. The average molecular weight is 385 g/mol. The Bertz CT molecular complexity index is 647. The highest BCUT2D eigenvalue weighted by Crippen LogP contribution is 2.25. The number of carbonyl (C=O) groups excluding carboxylic acids is 3. The molecule has 0 saturated carbocycles. The zero-order chi connectivity index (χ0) is 17.1. The number of amides is 3. The summed E-state index contributed by atoms with van der Waals surface area (Å²) in [6.07, 6.45) is 0.431. The molecule has 0 unspecified atom stereocenters. The molecule has 5 nitrogen and oxygen atoms in total. The Labute approximate surface area is 142 Å². The summed E-state index contributed by atoms with van der Waals surface area (Å²) >= 11 is 3.13. The summed E-state index contributed by atoms with van der Waals surface area (Å²) in [6.45, 7) is 3.61. The highest BCUT2D eigenvalue weighted by atomic mass is 79.9. The van der Waals surface area contributed by atoms with Gasteiger partial charge in [0.1, 0.15) is 5.82 Å². The minimum atomic E-state index is -0.388. The van der Waals surface area contributed by atoms with Crippen molar-refractivity contribution in [2.24, 2.45) is 5.92 Å². The molecule has 0 aliphatic carbocycles. The largest absolute Gasteiger partial charge is 0.350 e. The molecule has 1 heterocycles. The van der Waals surface area contributed by atoms with E-state index in [9.17, 15) is 18.8 Å². The van der Waals surface area contributed by atoms with E-state index in [4.69, 9.17) is 0 Å². The zero-order valence-corrected chi connectivity index (χ0v) is 14.5. The van der Waals surface area contributed by atoms with E-state index in [1.807, 2.05) is 6.92 Å². The first-order valence-electron chi connectivity index (χ1n) is 7.34. The molecule has 0 radical (unpaired) electrons. The lowest BCUT2D eigenvalue weighted by Crippen LogP contribution is -2.40. The Morgan fingerprint density at radius 2 is 2.00 bits per heavy atom. The maximum Gasteiger partial charge on any atom is 0.226 e. The van der Waals surface area contributed by atoms with Crippen LogP contribution in [0.25, 0.3) is 0 Å². The van der Waals surface area contributed by atoms with Gasteiger partial charge in [0.2, 0.25) is 17.7 Å². The number of piperidine rings is 1. The third kappa shape index (κ3) is 4.60. The second kappa shape index (κ2) is 7.21. The molecule has 0 spiro atoms. The second-order valence-corrected chi connectivity index (χ2v) is 6.72. The van der Waals surface area contributed by atoms with Crippen molar-refractivity contribution >= 4 is 33.7 Å². The summed E-state index contributed by atoms with van der Waals surface area (Å²) in [4.78, 5) is 34.7. The molecular formula is C16H18BrFN2O3. The fourth-order valence-corrected chi connectivity index (χ4v) is 3.22. The van der Waals surface area contributed by atoms with Gasteiger partial charge < -0.3 is 5.32 Å². The van der Waals surface area contributed by atoms with Crippen LogP contribution in [0.2, 0.25) is 0 Å². The number of benzene rings is 1. The fourth-order valence-electron chi connectivity index (χ4n) is 2.77. The van der Waals surface area contributed by atoms with Gasteiger partial charge in [-0.25, -0.2) is 4.39 Å². The molecule has 1 fully saturated rings. The molecule has 1 aromatic carbocycles. The predicted molar refractivity (Wildman–Crippen MR) is 85.9 cm³/mol. The maximum absolute atomic E-state index is 13.7. The summed E-state index contributed by atoms with van der Waals surface area (Å²) in [5, 5.41) is 5.01. The predicted octanol–water partition coefficient (Wildman–Crippen LogP) is 2.52. The van der Waals surface area contributed by atoms with E-state index in [0.29, 0.717) is 10.0 Å². The van der Waals surface area contributed by atoms with Crippen LogP contribution >= 0.6 is 15.9 Å². The van der Waals surface area contributed by atoms with Gasteiger partial charge in [0.15, 0.2) is 0 Å². The van der Waals surface area contributed by atoms with Crippen molar-refractivity contribution in [1.82, 2.24) is 10.6 Å². The number of nitrogens with one attached hydrogen (secondary N) is 2. The van der Waals surface area contributed by atoms with Crippen LogP contribution in [-0.2, 0) is 14.4 Å². The molecule has 7 heteroatoms. The number of carbonyl (C=O) groups is 3. The van der Waals surface area contributed by atoms with Crippen LogP contribution in [-0.4, -0.2) is 17.7 Å². The molecule has 1 aliphatic rings. The first kappa shape index (κ1) is 17.6. The second-order valence-electron chi connectivity index (χ2n) is 5.86. The average Bonchev–Trinajstić information content (AvgIpc) is 2.41. The van der Waals surface area contributed by atoms with E-state index in [-0.39, 0.29) is 54.8 Å². The van der Waals surface area contributed by atoms with Crippen LogP contribution in [0.3, 0.4) is 0 Å².